The standard InChI is InChI=1S/C44H46N4O7S/c1-31-14-18-33(19-15-31)37-10-6-7-11-38(37)41(49)45-35-22-20-34(21-23-35)42(50)46(5)39-12-8-9-13-40(39)54-30-32-16-24-36(25-17-32)56(52,53)48-28-26-47(27-29-48)43(51)55-44(2,3)4/h6-25H,26-30H2,1-5H3,(H,45,49). The molecule has 5 aromatic carbocycles. The Morgan fingerprint density at radius 1 is 0.768 bits per heavy atom. The zero-order valence-corrected chi connectivity index (χ0v) is 33.0. The quantitative estimate of drug-likeness (QED) is 0.152. The van der Waals surface area contributed by atoms with Crippen molar-refractivity contribution >= 4 is 39.3 Å². The van der Waals surface area contributed by atoms with Gasteiger partial charge in [-0.25, -0.2) is 13.2 Å². The maximum Gasteiger partial charge on any atom is 0.410 e. The lowest BCUT2D eigenvalue weighted by Gasteiger charge is -2.35. The third kappa shape index (κ3) is 9.45. The summed E-state index contributed by atoms with van der Waals surface area (Å²) < 4.78 is 39.7. The molecule has 1 aliphatic rings. The van der Waals surface area contributed by atoms with E-state index in [0.29, 0.717) is 28.3 Å². The fourth-order valence-electron chi connectivity index (χ4n) is 6.23. The molecule has 0 unspecified atom stereocenters. The molecule has 0 atom stereocenters. The second-order valence-electron chi connectivity index (χ2n) is 14.6. The molecule has 0 saturated carbocycles. The molecule has 1 saturated heterocycles. The van der Waals surface area contributed by atoms with Crippen LogP contribution in [0.25, 0.3) is 11.1 Å². The number of piperazine rings is 1. The van der Waals surface area contributed by atoms with E-state index in [-0.39, 0.29) is 49.5 Å². The number of amides is 3. The predicted molar refractivity (Wildman–Crippen MR) is 218 cm³/mol. The molecular formula is C44H46N4O7S. The van der Waals surface area contributed by atoms with Gasteiger partial charge in [0.2, 0.25) is 10.0 Å². The average molecular weight is 775 g/mol. The zero-order chi connectivity index (χ0) is 40.0. The number of benzene rings is 5. The first-order valence-corrected chi connectivity index (χ1v) is 19.8. The minimum Gasteiger partial charge on any atom is -0.487 e. The molecule has 0 aromatic heterocycles. The van der Waals surface area contributed by atoms with Crippen molar-refractivity contribution in [2.24, 2.45) is 0 Å². The molecule has 5 aromatic rings. The van der Waals surface area contributed by atoms with Crippen LogP contribution in [0.15, 0.2) is 126 Å². The molecular weight excluding hydrogens is 729 g/mol. The number of nitrogens with one attached hydrogen (secondary N) is 1. The molecule has 1 aliphatic heterocycles. The second kappa shape index (κ2) is 16.8. The van der Waals surface area contributed by atoms with Crippen LogP contribution in [0.3, 0.4) is 0 Å². The first-order chi connectivity index (χ1) is 26.7. The Balaban J connectivity index is 1.05. The van der Waals surface area contributed by atoms with Crippen molar-refractivity contribution < 1.29 is 32.3 Å². The Hall–Kier alpha value is -5.98. The summed E-state index contributed by atoms with van der Waals surface area (Å²) in [6.45, 7) is 8.34. The molecule has 0 radical (unpaired) electrons. The molecule has 3 amide bonds. The third-order valence-corrected chi connectivity index (χ3v) is 11.2. The lowest BCUT2D eigenvalue weighted by atomic mass is 9.98. The van der Waals surface area contributed by atoms with Crippen LogP contribution in [0.5, 0.6) is 5.75 Å². The monoisotopic (exact) mass is 774 g/mol. The van der Waals surface area contributed by atoms with Gasteiger partial charge in [-0.15, -0.1) is 0 Å². The number of ether oxygens (including phenoxy) is 2. The van der Waals surface area contributed by atoms with Crippen LogP contribution < -0.4 is 15.0 Å². The van der Waals surface area contributed by atoms with Crippen LogP contribution in [-0.2, 0) is 21.4 Å². The summed E-state index contributed by atoms with van der Waals surface area (Å²) in [7, 11) is -2.11. The van der Waals surface area contributed by atoms with Gasteiger partial charge in [-0.05, 0) is 99.0 Å². The van der Waals surface area contributed by atoms with Crippen LogP contribution in [-0.4, -0.2) is 74.4 Å². The highest BCUT2D eigenvalue weighted by atomic mass is 32.2. The van der Waals surface area contributed by atoms with E-state index in [1.165, 1.54) is 14.1 Å². The Kier molecular flexibility index (Phi) is 11.9. The smallest absolute Gasteiger partial charge is 0.410 e. The van der Waals surface area contributed by atoms with Gasteiger partial charge >= 0.3 is 6.09 Å². The molecule has 1 fully saturated rings. The van der Waals surface area contributed by atoms with Gasteiger partial charge in [-0.3, -0.25) is 9.59 Å². The number of hydrogen-bond donors (Lipinski definition) is 1. The molecule has 0 spiro atoms. The van der Waals surface area contributed by atoms with E-state index in [2.05, 4.69) is 5.32 Å². The van der Waals surface area contributed by atoms with Gasteiger partial charge in [-0.1, -0.05) is 72.3 Å². The molecule has 11 nitrogen and oxygen atoms in total. The summed E-state index contributed by atoms with van der Waals surface area (Å²) in [5.41, 5.74) is 5.08. The number of para-hydroxylation sites is 2. The van der Waals surface area contributed by atoms with Crippen molar-refractivity contribution in [2.75, 3.05) is 43.4 Å². The van der Waals surface area contributed by atoms with Gasteiger partial charge in [-0.2, -0.15) is 4.31 Å². The summed E-state index contributed by atoms with van der Waals surface area (Å²) in [6, 6.07) is 35.8. The van der Waals surface area contributed by atoms with Crippen LogP contribution in [0.1, 0.15) is 52.6 Å². The van der Waals surface area contributed by atoms with E-state index in [1.807, 2.05) is 61.5 Å². The van der Waals surface area contributed by atoms with E-state index in [4.69, 9.17) is 9.47 Å². The lowest BCUT2D eigenvalue weighted by Crippen LogP contribution is -2.51. The molecule has 12 heteroatoms. The van der Waals surface area contributed by atoms with Gasteiger partial charge in [0.1, 0.15) is 18.0 Å². The van der Waals surface area contributed by atoms with Crippen LogP contribution in [0, 0.1) is 6.92 Å². The number of rotatable bonds is 10. The Bertz CT molecular complexity index is 2300. The largest absolute Gasteiger partial charge is 0.487 e. The zero-order valence-electron chi connectivity index (χ0n) is 32.2. The van der Waals surface area contributed by atoms with E-state index in [1.54, 1.807) is 94.5 Å². The van der Waals surface area contributed by atoms with Crippen molar-refractivity contribution in [3.8, 4) is 16.9 Å². The van der Waals surface area contributed by atoms with Crippen molar-refractivity contribution in [1.29, 1.82) is 0 Å². The lowest BCUT2D eigenvalue weighted by molar-refractivity contribution is 0.0192. The maximum atomic E-state index is 13.6. The van der Waals surface area contributed by atoms with Crippen LogP contribution >= 0.6 is 0 Å². The van der Waals surface area contributed by atoms with Gasteiger partial charge < -0.3 is 24.6 Å². The normalized spacial score (nSPS) is 13.5. The van der Waals surface area contributed by atoms with Crippen molar-refractivity contribution in [3.63, 3.8) is 0 Å². The topological polar surface area (TPSA) is 126 Å². The Labute approximate surface area is 328 Å². The van der Waals surface area contributed by atoms with Crippen molar-refractivity contribution in [3.05, 3.63) is 144 Å². The number of carbonyl (C=O) groups is 3. The van der Waals surface area contributed by atoms with Gasteiger partial charge in [0.05, 0.1) is 10.6 Å². The summed E-state index contributed by atoms with van der Waals surface area (Å²) in [5.74, 6) is -0.0564. The summed E-state index contributed by atoms with van der Waals surface area (Å²) in [4.78, 5) is 42.5. The third-order valence-electron chi connectivity index (χ3n) is 9.30. The number of hydrogen-bond acceptors (Lipinski definition) is 7. The highest BCUT2D eigenvalue weighted by molar-refractivity contribution is 7.89. The van der Waals surface area contributed by atoms with Crippen LogP contribution in [0.4, 0.5) is 16.2 Å². The molecule has 56 heavy (non-hydrogen) atoms. The highest BCUT2D eigenvalue weighted by Gasteiger charge is 2.32. The Morgan fingerprint density at radius 3 is 2.05 bits per heavy atom. The molecule has 290 valence electrons. The fraction of sp³-hybridized carbons (Fsp3) is 0.250. The van der Waals surface area contributed by atoms with Crippen molar-refractivity contribution in [1.82, 2.24) is 9.21 Å². The van der Waals surface area contributed by atoms with E-state index in [0.717, 1.165) is 22.3 Å². The maximum absolute atomic E-state index is 13.6. The van der Waals surface area contributed by atoms with Gasteiger partial charge in [0, 0.05) is 50.0 Å². The van der Waals surface area contributed by atoms with Gasteiger partial charge in [0.15, 0.2) is 0 Å². The molecule has 0 aliphatic carbocycles. The predicted octanol–water partition coefficient (Wildman–Crippen LogP) is 8.01. The number of aryl methyl sites for hydroxylation is 1. The number of anilines is 2. The number of carbonyl (C=O) groups excluding carboxylic acids is 3. The van der Waals surface area contributed by atoms with Crippen LogP contribution in [0.2, 0.25) is 0 Å². The Morgan fingerprint density at radius 2 is 1.39 bits per heavy atom. The second-order valence-corrected chi connectivity index (χ2v) is 16.5. The fourth-order valence-corrected chi connectivity index (χ4v) is 7.65. The molecule has 1 N–H and O–H groups in total. The molecule has 0 bridgehead atoms. The SMILES string of the molecule is Cc1ccc(-c2ccccc2C(=O)Nc2ccc(C(=O)N(C)c3ccccc3OCc3ccc(S(=O)(=O)N4CCN(C(=O)OC(C)(C)C)CC4)cc3)cc2)cc1. The summed E-state index contributed by atoms with van der Waals surface area (Å²) in [6.07, 6.45) is -0.454. The first kappa shape index (κ1) is 39.7. The molecule has 1 heterocycles. The van der Waals surface area contributed by atoms with Gasteiger partial charge in [0.25, 0.3) is 11.8 Å². The summed E-state index contributed by atoms with van der Waals surface area (Å²) in [5, 5.41) is 2.95. The summed E-state index contributed by atoms with van der Waals surface area (Å²) >= 11 is 0. The van der Waals surface area contributed by atoms with E-state index >= 15 is 0 Å². The minimum absolute atomic E-state index is 0.134. The number of nitrogens with zero attached hydrogens (tertiary/aromatic N) is 3. The van der Waals surface area contributed by atoms with Crippen molar-refractivity contribution in [2.45, 2.75) is 44.8 Å². The first-order valence-electron chi connectivity index (χ1n) is 18.3. The van der Waals surface area contributed by atoms with E-state index in [9.17, 15) is 22.8 Å². The highest BCUT2D eigenvalue weighted by Crippen LogP contribution is 2.30. The molecule has 6 rings (SSSR count). The minimum atomic E-state index is -3.77. The number of sulfonamides is 1. The van der Waals surface area contributed by atoms with E-state index < -0.39 is 21.7 Å². The average Bonchev–Trinajstić information content (AvgIpc) is 3.20.